The Bertz CT molecular complexity index is 344. The lowest BCUT2D eigenvalue weighted by Crippen LogP contribution is -2.15. The Labute approximate surface area is 93.2 Å². The van der Waals surface area contributed by atoms with Crippen molar-refractivity contribution in [2.75, 3.05) is 5.32 Å². The van der Waals surface area contributed by atoms with Gasteiger partial charge in [-0.2, -0.15) is 0 Å². The Balaban J connectivity index is 0.00000225. The van der Waals surface area contributed by atoms with Crippen molar-refractivity contribution in [3.63, 3.8) is 0 Å². The minimum absolute atomic E-state index is 0. The number of anilines is 1. The number of amides is 1. The van der Waals surface area contributed by atoms with Gasteiger partial charge in [-0.25, -0.2) is 0 Å². The van der Waals surface area contributed by atoms with Crippen LogP contribution in [0.4, 0.5) is 5.69 Å². The zero-order valence-corrected chi connectivity index (χ0v) is 9.87. The molecule has 0 saturated carbocycles. The number of carbonyl (C=O) groups is 1. The molecule has 0 radical (unpaired) electrons. The molecule has 0 aliphatic rings. The van der Waals surface area contributed by atoms with Crippen LogP contribution in [0.2, 0.25) is 0 Å². The van der Waals surface area contributed by atoms with Gasteiger partial charge in [-0.15, -0.1) is 0 Å². The number of hydrogen-bond donors (Lipinski definition) is 1. The number of carbonyl (C=O) groups excluding carboxylic acids is 1. The fourth-order valence-corrected chi connectivity index (χ4v) is 1.47. The summed E-state index contributed by atoms with van der Waals surface area (Å²) in [7, 11) is 0. The average Bonchev–Trinajstić information content (AvgIpc) is 2.16. The molecule has 1 aromatic carbocycles. The van der Waals surface area contributed by atoms with Crippen LogP contribution in [0.1, 0.15) is 40.6 Å². The van der Waals surface area contributed by atoms with Gasteiger partial charge in [-0.1, -0.05) is 39.8 Å². The summed E-state index contributed by atoms with van der Waals surface area (Å²) in [5, 5.41) is 2.67. The molecule has 15 heavy (non-hydrogen) atoms. The second-order valence-electron chi connectivity index (χ2n) is 4.98. The summed E-state index contributed by atoms with van der Waals surface area (Å²) in [4.78, 5) is 10.3. The number of rotatable bonds is 3. The third-order valence-corrected chi connectivity index (χ3v) is 2.91. The van der Waals surface area contributed by atoms with Gasteiger partial charge in [0.2, 0.25) is 6.41 Å². The molecule has 1 rings (SSSR count). The summed E-state index contributed by atoms with van der Waals surface area (Å²) >= 11 is 0. The molecule has 1 atom stereocenters. The maximum Gasteiger partial charge on any atom is 0.211 e. The fraction of sp³-hybridized carbons (Fsp3) is 0.462. The van der Waals surface area contributed by atoms with Crippen LogP contribution < -0.4 is 5.32 Å². The summed E-state index contributed by atoms with van der Waals surface area (Å²) < 4.78 is 0. The SMILES string of the molecule is CC(c1cccc(NC=O)c1)C(C)(C)C.[HH]. The van der Waals surface area contributed by atoms with Crippen molar-refractivity contribution < 1.29 is 6.22 Å². The second kappa shape index (κ2) is 4.47. The maximum absolute atomic E-state index is 10.3. The molecule has 2 nitrogen and oxygen atoms in total. The predicted molar refractivity (Wildman–Crippen MR) is 66.1 cm³/mol. The number of benzene rings is 1. The Morgan fingerprint density at radius 1 is 1.40 bits per heavy atom. The van der Waals surface area contributed by atoms with Gasteiger partial charge in [0.05, 0.1) is 0 Å². The van der Waals surface area contributed by atoms with Crippen LogP contribution >= 0.6 is 0 Å². The minimum atomic E-state index is 0. The van der Waals surface area contributed by atoms with Gasteiger partial charge in [-0.05, 0) is 29.0 Å². The van der Waals surface area contributed by atoms with Crippen molar-refractivity contribution in [3.05, 3.63) is 29.8 Å². The van der Waals surface area contributed by atoms with Crippen molar-refractivity contribution in [2.45, 2.75) is 33.6 Å². The molecular formula is C13H21NO. The van der Waals surface area contributed by atoms with E-state index in [0.717, 1.165) is 5.69 Å². The molecule has 1 aromatic rings. The van der Waals surface area contributed by atoms with Crippen molar-refractivity contribution in [1.29, 1.82) is 0 Å². The molecule has 1 N–H and O–H groups in total. The summed E-state index contributed by atoms with van der Waals surface area (Å²) in [5.41, 5.74) is 2.35. The highest BCUT2D eigenvalue weighted by Crippen LogP contribution is 2.35. The molecule has 0 bridgehead atoms. The van der Waals surface area contributed by atoms with Gasteiger partial charge < -0.3 is 5.32 Å². The normalized spacial score (nSPS) is 13.3. The zero-order valence-electron chi connectivity index (χ0n) is 9.87. The van der Waals surface area contributed by atoms with Crippen LogP contribution in [-0.2, 0) is 4.79 Å². The summed E-state index contributed by atoms with van der Waals surface area (Å²) in [6, 6.07) is 8.01. The van der Waals surface area contributed by atoms with Crippen LogP contribution in [0.5, 0.6) is 0 Å². The highest BCUT2D eigenvalue weighted by molar-refractivity contribution is 5.71. The molecule has 0 aliphatic heterocycles. The van der Waals surface area contributed by atoms with Crippen LogP contribution in [0, 0.1) is 5.41 Å². The predicted octanol–water partition coefficient (Wildman–Crippen LogP) is 3.65. The Morgan fingerprint density at radius 2 is 2.07 bits per heavy atom. The van der Waals surface area contributed by atoms with E-state index in [1.165, 1.54) is 5.56 Å². The van der Waals surface area contributed by atoms with Gasteiger partial charge in [0.1, 0.15) is 0 Å². The van der Waals surface area contributed by atoms with Crippen molar-refractivity contribution >= 4 is 12.1 Å². The van der Waals surface area contributed by atoms with Crippen molar-refractivity contribution in [2.24, 2.45) is 5.41 Å². The molecule has 1 amide bonds. The second-order valence-corrected chi connectivity index (χ2v) is 4.98. The van der Waals surface area contributed by atoms with E-state index in [0.29, 0.717) is 12.3 Å². The Hall–Kier alpha value is -1.31. The van der Waals surface area contributed by atoms with Gasteiger partial charge >= 0.3 is 0 Å². The van der Waals surface area contributed by atoms with Crippen molar-refractivity contribution in [3.8, 4) is 0 Å². The van der Waals surface area contributed by atoms with E-state index >= 15 is 0 Å². The van der Waals surface area contributed by atoms with Gasteiger partial charge in [0.15, 0.2) is 0 Å². The molecule has 1 unspecified atom stereocenters. The van der Waals surface area contributed by atoms with Crippen LogP contribution in [-0.4, -0.2) is 6.41 Å². The van der Waals surface area contributed by atoms with Crippen LogP contribution in [0.25, 0.3) is 0 Å². The Morgan fingerprint density at radius 3 is 2.60 bits per heavy atom. The van der Waals surface area contributed by atoms with Gasteiger partial charge in [0, 0.05) is 7.11 Å². The van der Waals surface area contributed by atoms with E-state index < -0.39 is 0 Å². The van der Waals surface area contributed by atoms with E-state index in [9.17, 15) is 4.79 Å². The van der Waals surface area contributed by atoms with E-state index in [4.69, 9.17) is 0 Å². The van der Waals surface area contributed by atoms with E-state index in [2.05, 4.69) is 39.1 Å². The minimum Gasteiger partial charge on any atom is -0.329 e. The largest absolute Gasteiger partial charge is 0.329 e. The van der Waals surface area contributed by atoms with Crippen LogP contribution in [0.15, 0.2) is 24.3 Å². The maximum atomic E-state index is 10.3. The summed E-state index contributed by atoms with van der Waals surface area (Å²) in [5.74, 6) is 0.464. The molecule has 2 heteroatoms. The van der Waals surface area contributed by atoms with Gasteiger partial charge in [0.25, 0.3) is 0 Å². The number of hydrogen-bond acceptors (Lipinski definition) is 1. The molecule has 0 fully saturated rings. The van der Waals surface area contributed by atoms with Crippen LogP contribution in [0.3, 0.4) is 0 Å². The van der Waals surface area contributed by atoms with E-state index in [1.54, 1.807) is 0 Å². The highest BCUT2D eigenvalue weighted by Gasteiger charge is 2.21. The standard InChI is InChI=1S/C13H19NO.H2/c1-10(13(2,3)4)11-6-5-7-12(8-11)14-9-15;/h5-10H,1-4H3,(H,14,15);1H. The van der Waals surface area contributed by atoms with E-state index in [-0.39, 0.29) is 6.84 Å². The molecule has 0 aromatic heterocycles. The fourth-order valence-electron chi connectivity index (χ4n) is 1.47. The lowest BCUT2D eigenvalue weighted by atomic mass is 9.78. The molecule has 0 aliphatic carbocycles. The molecule has 0 saturated heterocycles. The molecule has 0 heterocycles. The zero-order chi connectivity index (χ0) is 11.5. The monoisotopic (exact) mass is 207 g/mol. The lowest BCUT2D eigenvalue weighted by Gasteiger charge is -2.27. The quantitative estimate of drug-likeness (QED) is 0.753. The first kappa shape index (κ1) is 11.8. The highest BCUT2D eigenvalue weighted by atomic mass is 16.1. The summed E-state index contributed by atoms with van der Waals surface area (Å²) in [6.45, 7) is 8.87. The molecule has 84 valence electrons. The first-order valence-electron chi connectivity index (χ1n) is 5.25. The van der Waals surface area contributed by atoms with Gasteiger partial charge in [-0.3, -0.25) is 4.79 Å². The first-order chi connectivity index (χ1) is 6.95. The lowest BCUT2D eigenvalue weighted by molar-refractivity contribution is -0.105. The first-order valence-corrected chi connectivity index (χ1v) is 5.25. The Kier molecular flexibility index (Phi) is 3.51. The average molecular weight is 207 g/mol. The van der Waals surface area contributed by atoms with E-state index in [1.807, 2.05) is 18.2 Å². The molecular weight excluding hydrogens is 186 g/mol. The van der Waals surface area contributed by atoms with Crippen molar-refractivity contribution in [1.82, 2.24) is 0 Å². The third-order valence-electron chi connectivity index (χ3n) is 2.91. The topological polar surface area (TPSA) is 29.1 Å². The molecule has 0 spiro atoms. The number of nitrogens with one attached hydrogen (secondary N) is 1. The summed E-state index contributed by atoms with van der Waals surface area (Å²) in [6.07, 6.45) is 0.709. The smallest absolute Gasteiger partial charge is 0.211 e. The third kappa shape index (κ3) is 3.08.